The maximum absolute atomic E-state index is 11.9. The molecule has 122 valence electrons. The lowest BCUT2D eigenvalue weighted by molar-refractivity contribution is -0.113. The van der Waals surface area contributed by atoms with Crippen molar-refractivity contribution in [1.82, 2.24) is 10.2 Å². The van der Waals surface area contributed by atoms with Crippen LogP contribution >= 0.6 is 35.0 Å². The van der Waals surface area contributed by atoms with Crippen molar-refractivity contribution in [2.24, 2.45) is 0 Å². The van der Waals surface area contributed by atoms with Crippen molar-refractivity contribution in [1.29, 1.82) is 0 Å². The smallest absolute Gasteiger partial charge is 0.277 e. The van der Waals surface area contributed by atoms with E-state index < -0.39 is 0 Å². The van der Waals surface area contributed by atoms with Gasteiger partial charge in [0.15, 0.2) is 0 Å². The summed E-state index contributed by atoms with van der Waals surface area (Å²) in [6, 6.07) is 13.9. The molecule has 0 bridgehead atoms. The lowest BCUT2D eigenvalue weighted by atomic mass is 10.2. The second-order valence-electron chi connectivity index (χ2n) is 4.72. The zero-order valence-electron chi connectivity index (χ0n) is 12.2. The Kier molecular flexibility index (Phi) is 5.40. The van der Waals surface area contributed by atoms with Crippen molar-refractivity contribution in [3.63, 3.8) is 0 Å². The molecule has 0 radical (unpaired) electrons. The monoisotopic (exact) mass is 379 g/mol. The van der Waals surface area contributed by atoms with Crippen molar-refractivity contribution in [3.8, 4) is 11.5 Å². The van der Waals surface area contributed by atoms with Crippen molar-refractivity contribution < 1.29 is 9.21 Å². The van der Waals surface area contributed by atoms with Gasteiger partial charge in [-0.3, -0.25) is 4.79 Å². The van der Waals surface area contributed by atoms with E-state index >= 15 is 0 Å². The first-order valence-electron chi connectivity index (χ1n) is 6.88. The van der Waals surface area contributed by atoms with Crippen LogP contribution in [0.5, 0.6) is 0 Å². The van der Waals surface area contributed by atoms with Crippen LogP contribution in [0.2, 0.25) is 10.0 Å². The number of rotatable bonds is 5. The Morgan fingerprint density at radius 1 is 1.00 bits per heavy atom. The maximum atomic E-state index is 11.9. The Labute approximate surface area is 152 Å². The zero-order chi connectivity index (χ0) is 16.9. The molecule has 0 aliphatic carbocycles. The van der Waals surface area contributed by atoms with E-state index in [9.17, 15) is 4.79 Å². The quantitative estimate of drug-likeness (QED) is 0.646. The fourth-order valence-electron chi connectivity index (χ4n) is 1.83. The summed E-state index contributed by atoms with van der Waals surface area (Å²) in [5.74, 6) is 0.367. The van der Waals surface area contributed by atoms with Crippen molar-refractivity contribution in [2.45, 2.75) is 5.22 Å². The molecule has 0 saturated carbocycles. The molecule has 0 unspecified atom stereocenters. The zero-order valence-corrected chi connectivity index (χ0v) is 14.5. The van der Waals surface area contributed by atoms with E-state index in [2.05, 4.69) is 15.5 Å². The molecule has 3 aromatic rings. The first-order valence-corrected chi connectivity index (χ1v) is 8.62. The summed E-state index contributed by atoms with van der Waals surface area (Å²) in [5.41, 5.74) is 1.45. The number of thioether (sulfide) groups is 1. The molecule has 1 heterocycles. The summed E-state index contributed by atoms with van der Waals surface area (Å²) in [5, 5.41) is 12.2. The van der Waals surface area contributed by atoms with Crippen LogP contribution in [0, 0.1) is 0 Å². The summed E-state index contributed by atoms with van der Waals surface area (Å²) < 4.78 is 5.53. The Hall–Kier alpha value is -2.02. The first kappa shape index (κ1) is 16.8. The predicted molar refractivity (Wildman–Crippen MR) is 95.5 cm³/mol. The first-order chi connectivity index (χ1) is 11.6. The third kappa shape index (κ3) is 4.50. The Morgan fingerprint density at radius 3 is 2.29 bits per heavy atom. The third-order valence-electron chi connectivity index (χ3n) is 2.95. The van der Waals surface area contributed by atoms with Gasteiger partial charge in [-0.2, -0.15) is 0 Å². The van der Waals surface area contributed by atoms with Crippen LogP contribution in [0.3, 0.4) is 0 Å². The Balaban J connectivity index is 1.56. The number of hydrogen-bond donors (Lipinski definition) is 1. The number of amides is 1. The van der Waals surface area contributed by atoms with Crippen LogP contribution in [-0.2, 0) is 4.79 Å². The van der Waals surface area contributed by atoms with Crippen molar-refractivity contribution >= 4 is 46.6 Å². The van der Waals surface area contributed by atoms with Gasteiger partial charge in [-0.25, -0.2) is 0 Å². The molecule has 0 aliphatic rings. The molecule has 1 amide bonds. The molecule has 24 heavy (non-hydrogen) atoms. The Morgan fingerprint density at radius 2 is 1.62 bits per heavy atom. The fourth-order valence-corrected chi connectivity index (χ4v) is 2.65. The molecule has 0 aliphatic heterocycles. The number of carbonyl (C=O) groups excluding carboxylic acids is 1. The lowest BCUT2D eigenvalue weighted by Crippen LogP contribution is -2.13. The largest absolute Gasteiger partial charge is 0.411 e. The molecule has 0 spiro atoms. The average Bonchev–Trinajstić information content (AvgIpc) is 3.05. The molecule has 3 rings (SSSR count). The van der Waals surface area contributed by atoms with E-state index in [-0.39, 0.29) is 11.7 Å². The second kappa shape index (κ2) is 7.70. The third-order valence-corrected chi connectivity index (χ3v) is 4.27. The highest BCUT2D eigenvalue weighted by molar-refractivity contribution is 7.99. The summed E-state index contributed by atoms with van der Waals surface area (Å²) in [7, 11) is 0. The van der Waals surface area contributed by atoms with Crippen molar-refractivity contribution in [3.05, 3.63) is 58.6 Å². The predicted octanol–water partition coefficient (Wildman–Crippen LogP) is 4.77. The van der Waals surface area contributed by atoms with E-state index in [0.717, 1.165) is 5.56 Å². The molecule has 1 aromatic heterocycles. The van der Waals surface area contributed by atoms with Gasteiger partial charge in [-0.15, -0.1) is 10.2 Å². The van der Waals surface area contributed by atoms with Gasteiger partial charge in [0.2, 0.25) is 11.8 Å². The standard InChI is InChI=1S/C16H11Cl2N3O2S/c17-11-3-1-10(2-4-11)15-20-21-16(23-15)24-9-14(22)19-13-7-5-12(18)6-8-13/h1-8H,9H2,(H,19,22). The summed E-state index contributed by atoms with van der Waals surface area (Å²) >= 11 is 12.8. The minimum absolute atomic E-state index is 0.158. The molecule has 5 nitrogen and oxygen atoms in total. The van der Waals surface area contributed by atoms with Crippen LogP contribution in [0.25, 0.3) is 11.5 Å². The van der Waals surface area contributed by atoms with E-state index in [1.165, 1.54) is 11.8 Å². The second-order valence-corrected chi connectivity index (χ2v) is 6.52. The minimum atomic E-state index is -0.173. The van der Waals surface area contributed by atoms with Crippen molar-refractivity contribution in [2.75, 3.05) is 11.1 Å². The highest BCUT2D eigenvalue weighted by Crippen LogP contribution is 2.24. The molecule has 0 fully saturated rings. The van der Waals surface area contributed by atoms with Gasteiger partial charge in [-0.05, 0) is 48.5 Å². The SMILES string of the molecule is O=C(CSc1nnc(-c2ccc(Cl)cc2)o1)Nc1ccc(Cl)cc1. The highest BCUT2D eigenvalue weighted by atomic mass is 35.5. The normalized spacial score (nSPS) is 10.6. The fraction of sp³-hybridized carbons (Fsp3) is 0.0625. The number of carbonyl (C=O) groups is 1. The van der Waals surface area contributed by atoms with Gasteiger partial charge < -0.3 is 9.73 Å². The van der Waals surface area contributed by atoms with Crippen LogP contribution in [0.4, 0.5) is 5.69 Å². The van der Waals surface area contributed by atoms with Crippen LogP contribution < -0.4 is 5.32 Å². The summed E-state index contributed by atoms with van der Waals surface area (Å²) in [6.45, 7) is 0. The highest BCUT2D eigenvalue weighted by Gasteiger charge is 2.11. The van der Waals surface area contributed by atoms with Gasteiger partial charge in [0.1, 0.15) is 0 Å². The number of nitrogens with zero attached hydrogens (tertiary/aromatic N) is 2. The van der Waals surface area contributed by atoms with Gasteiger partial charge in [0.25, 0.3) is 5.22 Å². The molecular weight excluding hydrogens is 369 g/mol. The molecule has 8 heteroatoms. The number of halogens is 2. The molecule has 1 N–H and O–H groups in total. The van der Waals surface area contributed by atoms with E-state index in [0.29, 0.717) is 26.8 Å². The van der Waals surface area contributed by atoms with E-state index in [4.69, 9.17) is 27.6 Å². The maximum Gasteiger partial charge on any atom is 0.277 e. The number of aromatic nitrogens is 2. The lowest BCUT2D eigenvalue weighted by Gasteiger charge is -2.03. The summed E-state index contributed by atoms with van der Waals surface area (Å²) in [6.07, 6.45) is 0. The van der Waals surface area contributed by atoms with Gasteiger partial charge in [0, 0.05) is 21.3 Å². The Bertz CT molecular complexity index is 835. The molecule has 0 saturated heterocycles. The molecule has 2 aromatic carbocycles. The van der Waals surface area contributed by atoms with Gasteiger partial charge in [0.05, 0.1) is 5.75 Å². The van der Waals surface area contributed by atoms with Crippen LogP contribution in [0.15, 0.2) is 58.2 Å². The molecular formula is C16H11Cl2N3O2S. The summed E-state index contributed by atoms with van der Waals surface area (Å²) in [4.78, 5) is 11.9. The van der Waals surface area contributed by atoms with E-state index in [1.807, 2.05) is 0 Å². The van der Waals surface area contributed by atoms with Gasteiger partial charge in [-0.1, -0.05) is 35.0 Å². The number of benzene rings is 2. The van der Waals surface area contributed by atoms with Gasteiger partial charge >= 0.3 is 0 Å². The van der Waals surface area contributed by atoms with Crippen LogP contribution in [0.1, 0.15) is 0 Å². The topological polar surface area (TPSA) is 68.0 Å². The van der Waals surface area contributed by atoms with E-state index in [1.54, 1.807) is 48.5 Å². The number of hydrogen-bond acceptors (Lipinski definition) is 5. The molecule has 0 atom stereocenters. The average molecular weight is 380 g/mol. The minimum Gasteiger partial charge on any atom is -0.411 e. The van der Waals surface area contributed by atoms with Crippen LogP contribution in [-0.4, -0.2) is 21.9 Å². The number of nitrogens with one attached hydrogen (secondary N) is 1. The number of anilines is 1.